The van der Waals surface area contributed by atoms with Crippen LogP contribution in [0.25, 0.3) is 6.08 Å². The fourth-order valence-electron chi connectivity index (χ4n) is 2.90. The van der Waals surface area contributed by atoms with Crippen LogP contribution in [-0.2, 0) is 19.1 Å². The zero-order chi connectivity index (χ0) is 24.7. The highest BCUT2D eigenvalue weighted by Gasteiger charge is 2.30. The van der Waals surface area contributed by atoms with Crippen molar-refractivity contribution in [3.8, 4) is 11.5 Å². The molecule has 0 radical (unpaired) electrons. The van der Waals surface area contributed by atoms with Gasteiger partial charge in [0.15, 0.2) is 23.3 Å². The van der Waals surface area contributed by atoms with Crippen molar-refractivity contribution in [1.29, 1.82) is 0 Å². The van der Waals surface area contributed by atoms with E-state index in [0.29, 0.717) is 39.4 Å². The number of amidine groups is 1. The van der Waals surface area contributed by atoms with Crippen LogP contribution in [0.3, 0.4) is 0 Å². The van der Waals surface area contributed by atoms with Gasteiger partial charge in [0.2, 0.25) is 0 Å². The topological polar surface area (TPSA) is 104 Å². The molecule has 0 N–H and O–H groups in total. The Morgan fingerprint density at radius 3 is 2.41 bits per heavy atom. The lowest BCUT2D eigenvalue weighted by molar-refractivity contribution is -0.142. The molecule has 10 heteroatoms. The molecule has 1 saturated heterocycles. The number of nitrogens with zero attached hydrogens (tertiary/aromatic N) is 2. The first-order chi connectivity index (χ1) is 16.4. The Balaban J connectivity index is 1.81. The Morgan fingerprint density at radius 1 is 1.03 bits per heavy atom. The number of likely N-dealkylation sites (N-methyl/N-ethyl adjacent to an activating group) is 1. The summed E-state index contributed by atoms with van der Waals surface area (Å²) in [4.78, 5) is 42.2. The van der Waals surface area contributed by atoms with E-state index >= 15 is 0 Å². The highest BCUT2D eigenvalue weighted by Crippen LogP contribution is 2.35. The van der Waals surface area contributed by atoms with Crippen LogP contribution in [0.5, 0.6) is 11.5 Å². The monoisotopic (exact) mass is 484 g/mol. The zero-order valence-electron chi connectivity index (χ0n) is 19.2. The minimum absolute atomic E-state index is 0.195. The van der Waals surface area contributed by atoms with E-state index in [1.54, 1.807) is 55.6 Å². The number of methoxy groups -OCH3 is 2. The zero-order valence-corrected chi connectivity index (χ0v) is 20.0. The summed E-state index contributed by atoms with van der Waals surface area (Å²) < 4.78 is 20.4. The largest absolute Gasteiger partial charge is 0.490 e. The molecule has 0 aromatic heterocycles. The van der Waals surface area contributed by atoms with Gasteiger partial charge in [0.25, 0.3) is 5.91 Å². The third-order valence-electron chi connectivity index (χ3n) is 4.66. The van der Waals surface area contributed by atoms with Crippen LogP contribution < -0.4 is 9.47 Å². The molecule has 1 heterocycles. The number of ether oxygens (including phenoxy) is 4. The molecular formula is C24H24N2O7S. The van der Waals surface area contributed by atoms with Gasteiger partial charge in [-0.1, -0.05) is 6.07 Å². The fourth-order valence-corrected chi connectivity index (χ4v) is 3.89. The molecule has 2 aromatic rings. The Labute approximate surface area is 201 Å². The first-order valence-corrected chi connectivity index (χ1v) is 11.1. The lowest BCUT2D eigenvalue weighted by atomic mass is 10.2. The summed E-state index contributed by atoms with van der Waals surface area (Å²) in [6.45, 7) is 1.99. The molecule has 34 heavy (non-hydrogen) atoms. The van der Waals surface area contributed by atoms with Crippen molar-refractivity contribution in [3.05, 3.63) is 58.5 Å². The smallest absolute Gasteiger partial charge is 0.343 e. The first-order valence-electron chi connectivity index (χ1n) is 10.3. The van der Waals surface area contributed by atoms with Gasteiger partial charge in [-0.05, 0) is 66.7 Å². The molecule has 0 unspecified atom stereocenters. The highest BCUT2D eigenvalue weighted by atomic mass is 32.2. The summed E-state index contributed by atoms with van der Waals surface area (Å²) in [7, 11) is 4.25. The Hall–Kier alpha value is -3.79. The third-order valence-corrected chi connectivity index (χ3v) is 5.72. The van der Waals surface area contributed by atoms with E-state index in [-0.39, 0.29) is 12.5 Å². The third kappa shape index (κ3) is 5.96. The molecule has 2 aromatic carbocycles. The molecule has 3 rings (SSSR count). The maximum atomic E-state index is 12.8. The van der Waals surface area contributed by atoms with E-state index in [4.69, 9.17) is 14.2 Å². The lowest BCUT2D eigenvalue weighted by Gasteiger charge is -2.12. The Bertz CT molecular complexity index is 1140. The van der Waals surface area contributed by atoms with E-state index in [1.165, 1.54) is 30.9 Å². The standard InChI is InChI=1S/C24H24N2O7S/c1-5-32-19-12-15(6-11-18(19)33-14-21(27)30-3)13-20-22(28)26(2)24(34-20)25-17-9-7-16(8-10-17)23(29)31-4/h6-13H,5,14H2,1-4H3. The van der Waals surface area contributed by atoms with Gasteiger partial charge in [-0.3, -0.25) is 9.69 Å². The first kappa shape index (κ1) is 24.8. The highest BCUT2D eigenvalue weighted by molar-refractivity contribution is 8.18. The number of benzene rings is 2. The minimum Gasteiger partial charge on any atom is -0.490 e. The number of hydrogen-bond donors (Lipinski definition) is 0. The molecule has 1 amide bonds. The predicted octanol–water partition coefficient (Wildman–Crippen LogP) is 3.66. The second-order valence-electron chi connectivity index (χ2n) is 6.91. The van der Waals surface area contributed by atoms with Crippen molar-refractivity contribution in [2.45, 2.75) is 6.92 Å². The van der Waals surface area contributed by atoms with Gasteiger partial charge in [0.05, 0.1) is 37.0 Å². The summed E-state index contributed by atoms with van der Waals surface area (Å²) in [6.07, 6.45) is 1.74. The van der Waals surface area contributed by atoms with Gasteiger partial charge in [-0.25, -0.2) is 14.6 Å². The fraction of sp³-hybridized carbons (Fsp3) is 0.250. The normalized spacial score (nSPS) is 15.5. The van der Waals surface area contributed by atoms with Crippen molar-refractivity contribution < 1.29 is 33.3 Å². The van der Waals surface area contributed by atoms with Crippen LogP contribution in [-0.4, -0.2) is 62.4 Å². The second kappa shape index (κ2) is 11.4. The molecule has 178 valence electrons. The van der Waals surface area contributed by atoms with Gasteiger partial charge in [-0.15, -0.1) is 0 Å². The van der Waals surface area contributed by atoms with Crippen LogP contribution >= 0.6 is 11.8 Å². The van der Waals surface area contributed by atoms with E-state index < -0.39 is 11.9 Å². The molecule has 9 nitrogen and oxygen atoms in total. The predicted molar refractivity (Wildman–Crippen MR) is 128 cm³/mol. The van der Waals surface area contributed by atoms with Crippen molar-refractivity contribution >= 4 is 46.5 Å². The second-order valence-corrected chi connectivity index (χ2v) is 7.92. The van der Waals surface area contributed by atoms with Crippen molar-refractivity contribution in [2.75, 3.05) is 34.5 Å². The van der Waals surface area contributed by atoms with E-state index in [0.717, 1.165) is 5.56 Å². The summed E-state index contributed by atoms with van der Waals surface area (Å²) >= 11 is 1.23. The molecule has 0 atom stereocenters. The van der Waals surface area contributed by atoms with Gasteiger partial charge < -0.3 is 18.9 Å². The van der Waals surface area contributed by atoms with E-state index in [2.05, 4.69) is 9.73 Å². The maximum absolute atomic E-state index is 12.8. The van der Waals surface area contributed by atoms with Gasteiger partial charge in [0, 0.05) is 7.05 Å². The molecule has 1 aliphatic heterocycles. The van der Waals surface area contributed by atoms with Crippen LogP contribution in [0.4, 0.5) is 5.69 Å². The number of esters is 2. The van der Waals surface area contributed by atoms with E-state index in [1.807, 2.05) is 6.92 Å². The summed E-state index contributed by atoms with van der Waals surface area (Å²) in [5, 5.41) is 0.505. The average Bonchev–Trinajstić information content (AvgIpc) is 3.11. The Kier molecular flexibility index (Phi) is 8.31. The minimum atomic E-state index is -0.503. The molecule has 0 saturated carbocycles. The molecule has 1 aliphatic rings. The van der Waals surface area contributed by atoms with Crippen molar-refractivity contribution in [1.82, 2.24) is 4.90 Å². The van der Waals surface area contributed by atoms with Crippen LogP contribution in [0.15, 0.2) is 52.4 Å². The van der Waals surface area contributed by atoms with Crippen LogP contribution in [0.2, 0.25) is 0 Å². The van der Waals surface area contributed by atoms with Gasteiger partial charge in [-0.2, -0.15) is 0 Å². The average molecular weight is 485 g/mol. The number of rotatable bonds is 8. The lowest BCUT2D eigenvalue weighted by Crippen LogP contribution is -2.23. The van der Waals surface area contributed by atoms with Crippen LogP contribution in [0, 0.1) is 0 Å². The van der Waals surface area contributed by atoms with Crippen molar-refractivity contribution in [3.63, 3.8) is 0 Å². The summed E-state index contributed by atoms with van der Waals surface area (Å²) in [5.41, 5.74) is 1.74. The number of hydrogen-bond acceptors (Lipinski definition) is 9. The summed E-state index contributed by atoms with van der Waals surface area (Å²) in [5.74, 6) is -0.283. The van der Waals surface area contributed by atoms with Gasteiger partial charge >= 0.3 is 11.9 Å². The van der Waals surface area contributed by atoms with Gasteiger partial charge in [0.1, 0.15) is 0 Å². The Morgan fingerprint density at radius 2 is 1.76 bits per heavy atom. The quantitative estimate of drug-likeness (QED) is 0.413. The molecule has 0 spiro atoms. The number of amides is 1. The number of aliphatic imine (C=N–C) groups is 1. The maximum Gasteiger partial charge on any atom is 0.343 e. The molecule has 1 fully saturated rings. The number of carbonyl (C=O) groups is 3. The van der Waals surface area contributed by atoms with Crippen molar-refractivity contribution in [2.24, 2.45) is 4.99 Å². The molecular weight excluding hydrogens is 460 g/mol. The number of carbonyl (C=O) groups excluding carboxylic acids is 3. The van der Waals surface area contributed by atoms with E-state index in [9.17, 15) is 14.4 Å². The summed E-state index contributed by atoms with van der Waals surface area (Å²) in [6, 6.07) is 11.8. The SMILES string of the molecule is CCOc1cc(C=C2SC(=Nc3ccc(C(=O)OC)cc3)N(C)C2=O)ccc1OCC(=O)OC. The molecule has 0 aliphatic carbocycles. The number of thioether (sulfide) groups is 1. The van der Waals surface area contributed by atoms with Crippen LogP contribution in [0.1, 0.15) is 22.8 Å². The molecule has 0 bridgehead atoms.